The maximum atomic E-state index is 5.28. The standard InChI is InChI=1S/C13H12O/c1-10-5-7-12(8-6-10)11(2)13-4-3-9-14-13/h3-9H,2H2,1H3. The van der Waals surface area contributed by atoms with Crippen molar-refractivity contribution in [1.82, 2.24) is 0 Å². The fraction of sp³-hybridized carbons (Fsp3) is 0.0769. The predicted octanol–water partition coefficient (Wildman–Crippen LogP) is 3.65. The second kappa shape index (κ2) is 3.54. The molecule has 70 valence electrons. The molecule has 0 aliphatic rings. The van der Waals surface area contributed by atoms with Crippen molar-refractivity contribution in [3.8, 4) is 0 Å². The van der Waals surface area contributed by atoms with E-state index in [2.05, 4.69) is 37.8 Å². The molecular formula is C13H12O. The zero-order valence-corrected chi connectivity index (χ0v) is 8.16. The Balaban J connectivity index is 2.33. The van der Waals surface area contributed by atoms with Crippen LogP contribution in [0.1, 0.15) is 16.9 Å². The summed E-state index contributed by atoms with van der Waals surface area (Å²) >= 11 is 0. The molecule has 0 aliphatic carbocycles. The third kappa shape index (κ3) is 1.62. The number of hydrogen-bond acceptors (Lipinski definition) is 1. The summed E-state index contributed by atoms with van der Waals surface area (Å²) in [5.74, 6) is 0.828. The van der Waals surface area contributed by atoms with Gasteiger partial charge in [0.15, 0.2) is 0 Å². The molecule has 0 atom stereocenters. The largest absolute Gasteiger partial charge is 0.464 e. The third-order valence-electron chi connectivity index (χ3n) is 2.22. The highest BCUT2D eigenvalue weighted by atomic mass is 16.3. The third-order valence-corrected chi connectivity index (χ3v) is 2.22. The van der Waals surface area contributed by atoms with Crippen LogP contribution in [0.4, 0.5) is 0 Å². The molecule has 1 heteroatoms. The van der Waals surface area contributed by atoms with E-state index in [0.717, 1.165) is 16.9 Å². The Morgan fingerprint density at radius 3 is 2.43 bits per heavy atom. The fourth-order valence-electron chi connectivity index (χ4n) is 1.35. The van der Waals surface area contributed by atoms with Gasteiger partial charge in [-0.1, -0.05) is 36.4 Å². The van der Waals surface area contributed by atoms with Crippen LogP contribution in [0.15, 0.2) is 53.7 Å². The van der Waals surface area contributed by atoms with Gasteiger partial charge in [0.1, 0.15) is 5.76 Å². The maximum absolute atomic E-state index is 5.28. The van der Waals surface area contributed by atoms with Crippen LogP contribution < -0.4 is 0 Å². The minimum atomic E-state index is 0.828. The van der Waals surface area contributed by atoms with Crippen molar-refractivity contribution in [2.24, 2.45) is 0 Å². The van der Waals surface area contributed by atoms with Crippen molar-refractivity contribution in [1.29, 1.82) is 0 Å². The van der Waals surface area contributed by atoms with Crippen molar-refractivity contribution in [3.63, 3.8) is 0 Å². The van der Waals surface area contributed by atoms with Crippen LogP contribution >= 0.6 is 0 Å². The fourth-order valence-corrected chi connectivity index (χ4v) is 1.35. The first-order chi connectivity index (χ1) is 6.77. The van der Waals surface area contributed by atoms with Crippen LogP contribution in [0.3, 0.4) is 0 Å². The topological polar surface area (TPSA) is 13.1 Å². The van der Waals surface area contributed by atoms with Gasteiger partial charge in [0.25, 0.3) is 0 Å². The summed E-state index contributed by atoms with van der Waals surface area (Å²) in [7, 11) is 0. The first-order valence-electron chi connectivity index (χ1n) is 4.57. The molecule has 0 bridgehead atoms. The Morgan fingerprint density at radius 1 is 1.14 bits per heavy atom. The van der Waals surface area contributed by atoms with E-state index in [0.29, 0.717) is 0 Å². The molecule has 0 spiro atoms. The zero-order valence-electron chi connectivity index (χ0n) is 8.16. The van der Waals surface area contributed by atoms with E-state index in [1.54, 1.807) is 6.26 Å². The van der Waals surface area contributed by atoms with Gasteiger partial charge in [-0.15, -0.1) is 0 Å². The highest BCUT2D eigenvalue weighted by molar-refractivity contribution is 5.75. The maximum Gasteiger partial charge on any atom is 0.133 e. The molecule has 14 heavy (non-hydrogen) atoms. The van der Waals surface area contributed by atoms with Crippen LogP contribution in [0.2, 0.25) is 0 Å². The van der Waals surface area contributed by atoms with Gasteiger partial charge in [0.05, 0.1) is 6.26 Å². The van der Waals surface area contributed by atoms with Gasteiger partial charge in [-0.3, -0.25) is 0 Å². The summed E-state index contributed by atoms with van der Waals surface area (Å²) in [5, 5.41) is 0. The minimum absolute atomic E-state index is 0.828. The predicted molar refractivity (Wildman–Crippen MR) is 58.0 cm³/mol. The minimum Gasteiger partial charge on any atom is -0.464 e. The molecular weight excluding hydrogens is 172 g/mol. The molecule has 1 aromatic carbocycles. The van der Waals surface area contributed by atoms with E-state index < -0.39 is 0 Å². The quantitative estimate of drug-likeness (QED) is 0.694. The van der Waals surface area contributed by atoms with E-state index in [1.165, 1.54) is 5.56 Å². The Kier molecular flexibility index (Phi) is 2.23. The van der Waals surface area contributed by atoms with Gasteiger partial charge in [0.2, 0.25) is 0 Å². The Labute approximate surface area is 83.7 Å². The Bertz CT molecular complexity index is 421. The Morgan fingerprint density at radius 2 is 1.86 bits per heavy atom. The number of benzene rings is 1. The molecule has 2 rings (SSSR count). The van der Waals surface area contributed by atoms with Crippen LogP contribution in [-0.4, -0.2) is 0 Å². The zero-order chi connectivity index (χ0) is 9.97. The van der Waals surface area contributed by atoms with Crippen LogP contribution in [-0.2, 0) is 0 Å². The molecule has 0 aliphatic heterocycles. The molecule has 1 heterocycles. The van der Waals surface area contributed by atoms with Crippen LogP contribution in [0.25, 0.3) is 5.57 Å². The van der Waals surface area contributed by atoms with Crippen molar-refractivity contribution >= 4 is 5.57 Å². The molecule has 0 saturated carbocycles. The lowest BCUT2D eigenvalue weighted by atomic mass is 10.0. The molecule has 1 aromatic heterocycles. The summed E-state index contributed by atoms with van der Waals surface area (Å²) in [6.45, 7) is 6.07. The van der Waals surface area contributed by atoms with E-state index in [1.807, 2.05) is 12.1 Å². The molecule has 1 nitrogen and oxygen atoms in total. The molecule has 0 N–H and O–H groups in total. The van der Waals surface area contributed by atoms with Crippen molar-refractivity contribution in [2.75, 3.05) is 0 Å². The SMILES string of the molecule is C=C(c1ccc(C)cc1)c1ccco1. The molecule has 0 unspecified atom stereocenters. The lowest BCUT2D eigenvalue weighted by Crippen LogP contribution is -1.83. The highest BCUT2D eigenvalue weighted by Crippen LogP contribution is 2.21. The van der Waals surface area contributed by atoms with E-state index >= 15 is 0 Å². The normalized spacial score (nSPS) is 10.1. The molecule has 0 amide bonds. The number of rotatable bonds is 2. The number of furan rings is 1. The van der Waals surface area contributed by atoms with E-state index in [4.69, 9.17) is 4.42 Å². The van der Waals surface area contributed by atoms with Crippen LogP contribution in [0.5, 0.6) is 0 Å². The molecule has 0 radical (unpaired) electrons. The lowest BCUT2D eigenvalue weighted by Gasteiger charge is -2.02. The average Bonchev–Trinajstić information content (AvgIpc) is 2.71. The molecule has 0 saturated heterocycles. The summed E-state index contributed by atoms with van der Waals surface area (Å²) in [4.78, 5) is 0. The first-order valence-corrected chi connectivity index (χ1v) is 4.57. The summed E-state index contributed by atoms with van der Waals surface area (Å²) in [6.07, 6.45) is 1.66. The molecule has 0 fully saturated rings. The van der Waals surface area contributed by atoms with Crippen molar-refractivity contribution in [3.05, 3.63) is 66.1 Å². The summed E-state index contributed by atoms with van der Waals surface area (Å²) in [6, 6.07) is 12.0. The highest BCUT2D eigenvalue weighted by Gasteiger charge is 2.03. The lowest BCUT2D eigenvalue weighted by molar-refractivity contribution is 0.554. The van der Waals surface area contributed by atoms with E-state index in [9.17, 15) is 0 Å². The van der Waals surface area contributed by atoms with Crippen molar-refractivity contribution < 1.29 is 4.42 Å². The van der Waals surface area contributed by atoms with Gasteiger partial charge in [-0.25, -0.2) is 0 Å². The van der Waals surface area contributed by atoms with Gasteiger partial charge in [-0.2, -0.15) is 0 Å². The second-order valence-corrected chi connectivity index (χ2v) is 3.32. The Hall–Kier alpha value is -1.76. The smallest absolute Gasteiger partial charge is 0.133 e. The monoisotopic (exact) mass is 184 g/mol. The van der Waals surface area contributed by atoms with Gasteiger partial charge >= 0.3 is 0 Å². The second-order valence-electron chi connectivity index (χ2n) is 3.32. The van der Waals surface area contributed by atoms with Gasteiger partial charge < -0.3 is 4.42 Å². The van der Waals surface area contributed by atoms with Crippen LogP contribution in [0, 0.1) is 6.92 Å². The first kappa shape index (κ1) is 8.82. The average molecular weight is 184 g/mol. The van der Waals surface area contributed by atoms with Gasteiger partial charge in [-0.05, 0) is 24.6 Å². The molecule has 2 aromatic rings. The van der Waals surface area contributed by atoms with E-state index in [-0.39, 0.29) is 0 Å². The number of hydrogen-bond donors (Lipinski definition) is 0. The van der Waals surface area contributed by atoms with Crippen molar-refractivity contribution in [2.45, 2.75) is 6.92 Å². The summed E-state index contributed by atoms with van der Waals surface area (Å²) < 4.78 is 5.28. The van der Waals surface area contributed by atoms with Gasteiger partial charge in [0, 0.05) is 5.57 Å². The number of aryl methyl sites for hydroxylation is 1. The summed E-state index contributed by atoms with van der Waals surface area (Å²) in [5.41, 5.74) is 3.28.